The smallest absolute Gasteiger partial charge is 0.274 e. The Hall–Kier alpha value is -2.31. The Kier molecular flexibility index (Phi) is 7.73. The SMILES string of the molecule is COCCNCCN1CCC[C@H](n2nc(C(=O)N3CCOCC3)c3c2-c2ccccc2S(=O)(=O)C3)C1. The van der Waals surface area contributed by atoms with E-state index in [1.165, 1.54) is 0 Å². The van der Waals surface area contributed by atoms with Gasteiger partial charge in [0.25, 0.3) is 5.91 Å². The second kappa shape index (κ2) is 11.0. The Bertz CT molecular complexity index is 1190. The minimum Gasteiger partial charge on any atom is -0.383 e. The Morgan fingerprint density at radius 2 is 2.00 bits per heavy atom. The summed E-state index contributed by atoms with van der Waals surface area (Å²) in [5, 5.41) is 8.27. The van der Waals surface area contributed by atoms with E-state index in [2.05, 4.69) is 10.2 Å². The summed E-state index contributed by atoms with van der Waals surface area (Å²) < 4.78 is 38.9. The van der Waals surface area contributed by atoms with Crippen LogP contribution < -0.4 is 5.32 Å². The fraction of sp³-hybridized carbons (Fsp3) is 0.600. The second-order valence-electron chi connectivity index (χ2n) is 9.62. The number of ether oxygens (including phenoxy) is 2. The van der Waals surface area contributed by atoms with E-state index >= 15 is 0 Å². The molecule has 1 aromatic carbocycles. The summed E-state index contributed by atoms with van der Waals surface area (Å²) in [5.74, 6) is -0.414. The number of sulfone groups is 1. The van der Waals surface area contributed by atoms with Crippen LogP contribution in [0.4, 0.5) is 0 Å². The molecule has 1 amide bonds. The summed E-state index contributed by atoms with van der Waals surface area (Å²) in [6, 6.07) is 7.16. The first-order chi connectivity index (χ1) is 17.5. The van der Waals surface area contributed by atoms with Crippen molar-refractivity contribution in [2.45, 2.75) is 29.5 Å². The van der Waals surface area contributed by atoms with Crippen LogP contribution in [0, 0.1) is 0 Å². The fourth-order valence-electron chi connectivity index (χ4n) is 5.41. The van der Waals surface area contributed by atoms with Crippen molar-refractivity contribution in [2.24, 2.45) is 0 Å². The number of rotatable bonds is 8. The Balaban J connectivity index is 1.48. The molecule has 1 aromatic heterocycles. The van der Waals surface area contributed by atoms with Crippen LogP contribution in [0.25, 0.3) is 11.3 Å². The number of methoxy groups -OCH3 is 1. The van der Waals surface area contributed by atoms with Gasteiger partial charge in [0.15, 0.2) is 15.5 Å². The molecule has 0 saturated carbocycles. The van der Waals surface area contributed by atoms with E-state index in [0.29, 0.717) is 48.9 Å². The number of hydrogen-bond donors (Lipinski definition) is 1. The molecule has 0 aliphatic carbocycles. The van der Waals surface area contributed by atoms with Gasteiger partial charge in [0.2, 0.25) is 0 Å². The van der Waals surface area contributed by atoms with Crippen molar-refractivity contribution < 1.29 is 22.7 Å². The number of benzene rings is 1. The molecule has 5 rings (SSSR count). The van der Waals surface area contributed by atoms with E-state index in [9.17, 15) is 13.2 Å². The quantitative estimate of drug-likeness (QED) is 0.521. The van der Waals surface area contributed by atoms with E-state index < -0.39 is 9.84 Å². The molecule has 196 valence electrons. The first kappa shape index (κ1) is 25.3. The Labute approximate surface area is 212 Å². The summed E-state index contributed by atoms with van der Waals surface area (Å²) >= 11 is 0. The zero-order valence-electron chi connectivity index (χ0n) is 20.8. The van der Waals surface area contributed by atoms with Crippen molar-refractivity contribution in [1.82, 2.24) is 24.9 Å². The highest BCUT2D eigenvalue weighted by atomic mass is 32.2. The molecule has 0 bridgehead atoms. The number of carbonyl (C=O) groups is 1. The van der Waals surface area contributed by atoms with Crippen molar-refractivity contribution in [3.05, 3.63) is 35.5 Å². The van der Waals surface area contributed by atoms with E-state index in [1.54, 1.807) is 24.1 Å². The number of likely N-dealkylation sites (tertiary alicyclic amines) is 1. The highest BCUT2D eigenvalue weighted by Crippen LogP contribution is 2.41. The van der Waals surface area contributed by atoms with Gasteiger partial charge < -0.3 is 19.7 Å². The van der Waals surface area contributed by atoms with Gasteiger partial charge in [-0.1, -0.05) is 18.2 Å². The molecule has 1 atom stereocenters. The maximum absolute atomic E-state index is 13.6. The van der Waals surface area contributed by atoms with Gasteiger partial charge in [0.1, 0.15) is 0 Å². The third-order valence-corrected chi connectivity index (χ3v) is 8.93. The summed E-state index contributed by atoms with van der Waals surface area (Å²) in [4.78, 5) is 18.0. The van der Waals surface area contributed by atoms with Crippen LogP contribution in [0.3, 0.4) is 0 Å². The largest absolute Gasteiger partial charge is 0.383 e. The summed E-state index contributed by atoms with van der Waals surface area (Å²) in [6.07, 6.45) is 1.95. The lowest BCUT2D eigenvalue weighted by Crippen LogP contribution is -2.42. The van der Waals surface area contributed by atoms with Crippen molar-refractivity contribution >= 4 is 15.7 Å². The number of piperidine rings is 1. The number of fused-ring (bicyclic) bond motifs is 3. The van der Waals surface area contributed by atoms with Gasteiger partial charge in [-0.25, -0.2) is 8.42 Å². The predicted molar refractivity (Wildman–Crippen MR) is 135 cm³/mol. The first-order valence-electron chi connectivity index (χ1n) is 12.7. The molecule has 2 saturated heterocycles. The van der Waals surface area contributed by atoms with Crippen molar-refractivity contribution in [1.29, 1.82) is 0 Å². The first-order valence-corrected chi connectivity index (χ1v) is 14.4. The zero-order valence-corrected chi connectivity index (χ0v) is 21.6. The number of hydrogen-bond acceptors (Lipinski definition) is 8. The molecule has 0 unspecified atom stereocenters. The average Bonchev–Trinajstić information content (AvgIpc) is 3.27. The van der Waals surface area contributed by atoms with Gasteiger partial charge in [0.05, 0.1) is 42.2 Å². The van der Waals surface area contributed by atoms with E-state index in [1.807, 2.05) is 16.8 Å². The van der Waals surface area contributed by atoms with Crippen LogP contribution in [-0.4, -0.2) is 107 Å². The maximum Gasteiger partial charge on any atom is 0.274 e. The molecule has 2 fully saturated rings. The molecule has 3 aliphatic rings. The maximum atomic E-state index is 13.6. The Morgan fingerprint density at radius 3 is 2.81 bits per heavy atom. The van der Waals surface area contributed by atoms with Gasteiger partial charge in [-0.15, -0.1) is 0 Å². The van der Waals surface area contributed by atoms with Crippen molar-refractivity contribution in [3.63, 3.8) is 0 Å². The molecule has 36 heavy (non-hydrogen) atoms. The van der Waals surface area contributed by atoms with E-state index in [-0.39, 0.29) is 23.4 Å². The fourth-order valence-corrected chi connectivity index (χ4v) is 7.01. The number of morpholine rings is 1. The highest BCUT2D eigenvalue weighted by Gasteiger charge is 2.38. The van der Waals surface area contributed by atoms with Crippen LogP contribution in [-0.2, 0) is 25.1 Å². The van der Waals surface area contributed by atoms with Gasteiger partial charge in [0, 0.05) is 57.5 Å². The number of carbonyl (C=O) groups excluding carboxylic acids is 1. The molecule has 2 aromatic rings. The van der Waals surface area contributed by atoms with E-state index in [0.717, 1.165) is 51.3 Å². The zero-order chi connectivity index (χ0) is 25.1. The number of amides is 1. The van der Waals surface area contributed by atoms with Crippen molar-refractivity contribution in [3.8, 4) is 11.3 Å². The lowest BCUT2D eigenvalue weighted by atomic mass is 10.0. The molecular formula is C25H35N5O5S. The van der Waals surface area contributed by atoms with Gasteiger partial charge in [-0.2, -0.15) is 5.10 Å². The lowest BCUT2D eigenvalue weighted by molar-refractivity contribution is 0.0297. The van der Waals surface area contributed by atoms with Crippen LogP contribution >= 0.6 is 0 Å². The normalized spacial score (nSPS) is 21.7. The summed E-state index contributed by atoms with van der Waals surface area (Å²) in [6.45, 7) is 7.02. The van der Waals surface area contributed by atoms with Gasteiger partial charge in [-0.05, 0) is 25.5 Å². The predicted octanol–water partition coefficient (Wildman–Crippen LogP) is 1.18. The third-order valence-electron chi connectivity index (χ3n) is 7.24. The van der Waals surface area contributed by atoms with E-state index in [4.69, 9.17) is 14.6 Å². The minimum atomic E-state index is -3.57. The average molecular weight is 518 g/mol. The number of nitrogens with zero attached hydrogens (tertiary/aromatic N) is 4. The summed E-state index contributed by atoms with van der Waals surface area (Å²) in [5.41, 5.74) is 2.22. The summed E-state index contributed by atoms with van der Waals surface area (Å²) in [7, 11) is -1.87. The number of aromatic nitrogens is 2. The van der Waals surface area contributed by atoms with Crippen LogP contribution in [0.5, 0.6) is 0 Å². The van der Waals surface area contributed by atoms with Crippen LogP contribution in [0.15, 0.2) is 29.2 Å². The molecule has 0 spiro atoms. The number of nitrogens with one attached hydrogen (secondary N) is 1. The topological polar surface area (TPSA) is 106 Å². The van der Waals surface area contributed by atoms with Crippen LogP contribution in [0.1, 0.15) is 34.9 Å². The minimum absolute atomic E-state index is 0.0616. The van der Waals surface area contributed by atoms with Gasteiger partial charge >= 0.3 is 0 Å². The second-order valence-corrected chi connectivity index (χ2v) is 11.6. The van der Waals surface area contributed by atoms with Gasteiger partial charge in [-0.3, -0.25) is 14.4 Å². The third kappa shape index (κ3) is 5.08. The molecule has 10 nitrogen and oxygen atoms in total. The molecule has 1 N–H and O–H groups in total. The monoisotopic (exact) mass is 517 g/mol. The standard InChI is InChI=1S/C25H35N5O5S/c1-34-14-9-26-8-11-28-10-4-5-19(17-28)30-24-20-6-2-3-7-22(20)36(32,33)18-21(24)23(27-30)25(31)29-12-15-35-16-13-29/h2-3,6-7,19,26H,4-5,8-18H2,1H3/t19-/m0/s1. The molecule has 11 heteroatoms. The Morgan fingerprint density at radius 1 is 1.19 bits per heavy atom. The molecule has 3 aliphatic heterocycles. The highest BCUT2D eigenvalue weighted by molar-refractivity contribution is 7.90. The molecule has 0 radical (unpaired) electrons. The molecule has 4 heterocycles. The van der Waals surface area contributed by atoms with Crippen molar-refractivity contribution in [2.75, 3.05) is 72.7 Å². The molecular weight excluding hydrogens is 482 g/mol. The lowest BCUT2D eigenvalue weighted by Gasteiger charge is -2.34. The van der Waals surface area contributed by atoms with Crippen LogP contribution in [0.2, 0.25) is 0 Å².